The molecule has 0 bridgehead atoms. The van der Waals surface area contributed by atoms with Gasteiger partial charge in [0.15, 0.2) is 0 Å². The molecular formula is C16H25N3O2S. The average molecular weight is 323 g/mol. The van der Waals surface area contributed by atoms with E-state index in [0.717, 1.165) is 25.9 Å². The van der Waals surface area contributed by atoms with Gasteiger partial charge in [0, 0.05) is 6.54 Å². The molecule has 0 radical (unpaired) electrons. The van der Waals surface area contributed by atoms with Gasteiger partial charge in [0.2, 0.25) is 5.91 Å². The summed E-state index contributed by atoms with van der Waals surface area (Å²) in [5, 5.41) is 11.0. The fourth-order valence-electron chi connectivity index (χ4n) is 2.61. The largest absolute Gasteiger partial charge is 0.354 e. The number of carbonyl (C=O) groups excluding carboxylic acids is 2. The van der Waals surface area contributed by atoms with Gasteiger partial charge < -0.3 is 16.0 Å². The number of hydrogen-bond acceptors (Lipinski definition) is 4. The van der Waals surface area contributed by atoms with Crippen LogP contribution in [0.2, 0.25) is 0 Å². The zero-order chi connectivity index (χ0) is 15.9. The second kappa shape index (κ2) is 8.29. The maximum atomic E-state index is 12.4. The minimum Gasteiger partial charge on any atom is -0.354 e. The third-order valence-corrected chi connectivity index (χ3v) is 4.81. The van der Waals surface area contributed by atoms with E-state index >= 15 is 0 Å². The Kier molecular flexibility index (Phi) is 6.39. The van der Waals surface area contributed by atoms with Gasteiger partial charge >= 0.3 is 0 Å². The Labute approximate surface area is 135 Å². The number of amides is 2. The maximum Gasteiger partial charge on any atom is 0.262 e. The summed E-state index contributed by atoms with van der Waals surface area (Å²) in [6.07, 6.45) is 2.30. The van der Waals surface area contributed by atoms with Crippen molar-refractivity contribution in [2.24, 2.45) is 11.8 Å². The molecule has 2 amide bonds. The molecular weight excluding hydrogens is 298 g/mol. The van der Waals surface area contributed by atoms with Crippen LogP contribution in [0.25, 0.3) is 0 Å². The zero-order valence-corrected chi connectivity index (χ0v) is 14.0. The number of nitrogens with one attached hydrogen (secondary N) is 3. The van der Waals surface area contributed by atoms with Gasteiger partial charge in [-0.05, 0) is 49.2 Å². The van der Waals surface area contributed by atoms with Gasteiger partial charge in [-0.2, -0.15) is 0 Å². The molecule has 2 atom stereocenters. The maximum absolute atomic E-state index is 12.4. The Morgan fingerprint density at radius 2 is 2.27 bits per heavy atom. The Morgan fingerprint density at radius 3 is 2.86 bits per heavy atom. The minimum absolute atomic E-state index is 0.0494. The Morgan fingerprint density at radius 1 is 1.45 bits per heavy atom. The molecule has 6 heteroatoms. The lowest BCUT2D eigenvalue weighted by Crippen LogP contribution is -2.51. The van der Waals surface area contributed by atoms with Crippen LogP contribution in [0, 0.1) is 11.8 Å². The van der Waals surface area contributed by atoms with Crippen LogP contribution in [-0.2, 0) is 4.79 Å². The van der Waals surface area contributed by atoms with Crippen molar-refractivity contribution in [3.8, 4) is 0 Å². The van der Waals surface area contributed by atoms with Crippen LogP contribution in [0.3, 0.4) is 0 Å². The van der Waals surface area contributed by atoms with Gasteiger partial charge in [0.1, 0.15) is 6.04 Å². The second-order valence-corrected chi connectivity index (χ2v) is 7.08. The van der Waals surface area contributed by atoms with E-state index in [1.807, 2.05) is 25.3 Å². The number of carbonyl (C=O) groups is 2. The Balaban J connectivity index is 1.86. The van der Waals surface area contributed by atoms with Crippen LogP contribution in [0.4, 0.5) is 0 Å². The molecule has 5 nitrogen and oxygen atoms in total. The molecule has 0 aliphatic carbocycles. The van der Waals surface area contributed by atoms with Crippen LogP contribution in [0.15, 0.2) is 17.5 Å². The predicted octanol–water partition coefficient (Wildman–Crippen LogP) is 1.62. The second-order valence-electron chi connectivity index (χ2n) is 6.13. The van der Waals surface area contributed by atoms with Gasteiger partial charge in [0.25, 0.3) is 5.91 Å². The molecule has 1 fully saturated rings. The number of piperidine rings is 1. The van der Waals surface area contributed by atoms with Crippen molar-refractivity contribution in [2.45, 2.75) is 32.7 Å². The molecule has 1 aliphatic rings. The summed E-state index contributed by atoms with van der Waals surface area (Å²) in [5.74, 6) is 0.264. The summed E-state index contributed by atoms with van der Waals surface area (Å²) in [5.41, 5.74) is 0. The number of thiophene rings is 1. The summed E-state index contributed by atoms with van der Waals surface area (Å²) in [7, 11) is 0. The van der Waals surface area contributed by atoms with Crippen molar-refractivity contribution in [3.63, 3.8) is 0 Å². The topological polar surface area (TPSA) is 70.2 Å². The van der Waals surface area contributed by atoms with Crippen LogP contribution in [-0.4, -0.2) is 37.5 Å². The highest BCUT2D eigenvalue weighted by atomic mass is 32.1. The number of hydrogen-bond donors (Lipinski definition) is 3. The van der Waals surface area contributed by atoms with Gasteiger partial charge in [0.05, 0.1) is 4.88 Å². The Bertz CT molecular complexity index is 482. The van der Waals surface area contributed by atoms with Gasteiger partial charge in [-0.3, -0.25) is 9.59 Å². The van der Waals surface area contributed by atoms with E-state index in [0.29, 0.717) is 17.3 Å². The van der Waals surface area contributed by atoms with E-state index < -0.39 is 6.04 Å². The molecule has 1 aromatic heterocycles. The Hall–Kier alpha value is -1.40. The summed E-state index contributed by atoms with van der Waals surface area (Å²) < 4.78 is 0. The van der Waals surface area contributed by atoms with Crippen molar-refractivity contribution in [1.82, 2.24) is 16.0 Å². The first kappa shape index (κ1) is 17.0. The SMILES string of the molecule is CC(C)C(NC(=O)c1cccs1)C(=O)NCC1CCCNC1. The molecule has 1 aliphatic heterocycles. The van der Waals surface area contributed by atoms with Crippen molar-refractivity contribution in [1.29, 1.82) is 0 Å². The summed E-state index contributed by atoms with van der Waals surface area (Å²) in [4.78, 5) is 25.2. The molecule has 1 saturated heterocycles. The normalized spacial score (nSPS) is 19.7. The molecule has 0 spiro atoms. The highest BCUT2D eigenvalue weighted by molar-refractivity contribution is 7.12. The highest BCUT2D eigenvalue weighted by Crippen LogP contribution is 2.11. The fourth-order valence-corrected chi connectivity index (χ4v) is 3.24. The molecule has 2 rings (SSSR count). The third kappa shape index (κ3) is 4.81. The summed E-state index contributed by atoms with van der Waals surface area (Å²) in [6, 6.07) is 3.11. The molecule has 22 heavy (non-hydrogen) atoms. The first-order valence-electron chi connectivity index (χ1n) is 7.90. The molecule has 0 saturated carbocycles. The lowest BCUT2D eigenvalue weighted by Gasteiger charge is -2.25. The monoisotopic (exact) mass is 323 g/mol. The third-order valence-electron chi connectivity index (χ3n) is 3.94. The van der Waals surface area contributed by atoms with Crippen molar-refractivity contribution in [3.05, 3.63) is 22.4 Å². The molecule has 122 valence electrons. The average Bonchev–Trinajstić information content (AvgIpc) is 3.05. The van der Waals surface area contributed by atoms with Crippen LogP contribution in [0.5, 0.6) is 0 Å². The first-order valence-corrected chi connectivity index (χ1v) is 8.78. The van der Waals surface area contributed by atoms with Gasteiger partial charge in [-0.25, -0.2) is 0 Å². The molecule has 3 N–H and O–H groups in total. The van der Waals surface area contributed by atoms with E-state index in [-0.39, 0.29) is 17.7 Å². The summed E-state index contributed by atoms with van der Waals surface area (Å²) >= 11 is 1.38. The summed E-state index contributed by atoms with van der Waals surface area (Å²) in [6.45, 7) is 6.58. The van der Waals surface area contributed by atoms with Crippen LogP contribution < -0.4 is 16.0 Å². The zero-order valence-electron chi connectivity index (χ0n) is 13.2. The molecule has 2 heterocycles. The smallest absolute Gasteiger partial charge is 0.262 e. The molecule has 2 unspecified atom stereocenters. The number of rotatable bonds is 6. The lowest BCUT2D eigenvalue weighted by molar-refractivity contribution is -0.124. The van der Waals surface area contributed by atoms with Crippen LogP contribution in [0.1, 0.15) is 36.4 Å². The van der Waals surface area contributed by atoms with Gasteiger partial charge in [-0.1, -0.05) is 19.9 Å². The van der Waals surface area contributed by atoms with E-state index in [9.17, 15) is 9.59 Å². The highest BCUT2D eigenvalue weighted by Gasteiger charge is 2.25. The lowest BCUT2D eigenvalue weighted by atomic mass is 9.98. The van der Waals surface area contributed by atoms with Gasteiger partial charge in [-0.15, -0.1) is 11.3 Å². The standard InChI is InChI=1S/C16H25N3O2S/c1-11(2)14(19-15(20)13-6-4-8-22-13)16(21)18-10-12-5-3-7-17-9-12/h4,6,8,11-12,14,17H,3,5,7,9-10H2,1-2H3,(H,18,21)(H,19,20). The molecule has 1 aromatic rings. The quantitative estimate of drug-likeness (QED) is 0.745. The van der Waals surface area contributed by atoms with E-state index in [2.05, 4.69) is 16.0 Å². The van der Waals surface area contributed by atoms with Crippen molar-refractivity contribution >= 4 is 23.2 Å². The minimum atomic E-state index is -0.494. The first-order chi connectivity index (χ1) is 10.6. The van der Waals surface area contributed by atoms with E-state index in [4.69, 9.17) is 0 Å². The van der Waals surface area contributed by atoms with Crippen LogP contribution >= 0.6 is 11.3 Å². The van der Waals surface area contributed by atoms with E-state index in [1.54, 1.807) is 6.07 Å². The predicted molar refractivity (Wildman–Crippen MR) is 89.0 cm³/mol. The van der Waals surface area contributed by atoms with E-state index in [1.165, 1.54) is 11.3 Å². The van der Waals surface area contributed by atoms with Crippen molar-refractivity contribution in [2.75, 3.05) is 19.6 Å². The van der Waals surface area contributed by atoms with Crippen molar-refractivity contribution < 1.29 is 9.59 Å². The fraction of sp³-hybridized carbons (Fsp3) is 0.625. The molecule has 0 aromatic carbocycles.